The Morgan fingerprint density at radius 1 is 0.196 bits per heavy atom. The molecule has 56 heavy (non-hydrogen) atoms. The van der Waals surface area contributed by atoms with Crippen molar-refractivity contribution < 1.29 is 0 Å². The molecule has 2 heteroatoms. The van der Waals surface area contributed by atoms with Crippen LogP contribution in [0.2, 0.25) is 0 Å². The Labute approximate surface area is 348 Å². The molecule has 4 atom stereocenters. The topological polar surface area (TPSA) is 6.48 Å². The maximum absolute atomic E-state index is 3.41. The van der Waals surface area contributed by atoms with Crippen molar-refractivity contribution in [3.8, 4) is 0 Å². The predicted molar refractivity (Wildman–Crippen MR) is 237 cm³/mol. The van der Waals surface area contributed by atoms with E-state index in [1.54, 1.807) is 128 Å². The first-order valence-electron chi connectivity index (χ1n) is 27.3. The zero-order valence-electron chi connectivity index (χ0n) is 37.0. The Balaban J connectivity index is 0.802. The van der Waals surface area contributed by atoms with Crippen molar-refractivity contribution in [1.29, 1.82) is 0 Å². The lowest BCUT2D eigenvalue weighted by molar-refractivity contribution is -0.0909. The van der Waals surface area contributed by atoms with Crippen LogP contribution in [0.3, 0.4) is 0 Å². The normalized spacial score (nSPS) is 44.2. The van der Waals surface area contributed by atoms with E-state index >= 15 is 0 Å². The molecule has 10 fully saturated rings. The minimum absolute atomic E-state index is 0.917. The molecule has 0 saturated heterocycles. The van der Waals surface area contributed by atoms with Gasteiger partial charge < -0.3 is 0 Å². The molecule has 10 aliphatic rings. The smallest absolute Gasteiger partial charge is 0.0133 e. The van der Waals surface area contributed by atoms with Crippen molar-refractivity contribution >= 4 is 0 Å². The molecule has 0 aliphatic heterocycles. The third-order valence-electron chi connectivity index (χ3n) is 21.1. The van der Waals surface area contributed by atoms with Gasteiger partial charge in [-0.25, -0.2) is 0 Å². The molecule has 10 rings (SSSR count). The van der Waals surface area contributed by atoms with Crippen LogP contribution in [0.4, 0.5) is 0 Å². The van der Waals surface area contributed by atoms with Gasteiger partial charge in [-0.15, -0.1) is 0 Å². The molecule has 10 aliphatic carbocycles. The van der Waals surface area contributed by atoms with Crippen LogP contribution in [0.25, 0.3) is 0 Å². The van der Waals surface area contributed by atoms with Gasteiger partial charge in [0.05, 0.1) is 0 Å². The zero-order valence-corrected chi connectivity index (χ0v) is 37.0. The van der Waals surface area contributed by atoms with Crippen LogP contribution in [-0.4, -0.2) is 46.1 Å². The largest absolute Gasteiger partial charge is 0.294 e. The molecule has 4 unspecified atom stereocenters. The lowest BCUT2D eigenvalue weighted by atomic mass is 9.58. The highest BCUT2D eigenvalue weighted by Crippen LogP contribution is 2.55. The van der Waals surface area contributed by atoms with E-state index in [2.05, 4.69) is 9.80 Å². The van der Waals surface area contributed by atoms with Gasteiger partial charge in [-0.2, -0.15) is 0 Å². The van der Waals surface area contributed by atoms with Crippen LogP contribution in [-0.2, 0) is 0 Å². The van der Waals surface area contributed by atoms with Gasteiger partial charge in [0, 0.05) is 36.3 Å². The molecule has 10 saturated carbocycles. The van der Waals surface area contributed by atoms with Crippen molar-refractivity contribution in [2.45, 2.75) is 280 Å². The Morgan fingerprint density at radius 3 is 0.804 bits per heavy atom. The van der Waals surface area contributed by atoms with Crippen LogP contribution in [0, 0.1) is 59.2 Å². The maximum atomic E-state index is 3.41. The van der Waals surface area contributed by atoms with E-state index in [-0.39, 0.29) is 0 Å². The Kier molecular flexibility index (Phi) is 13.5. The van der Waals surface area contributed by atoms with Crippen molar-refractivity contribution in [1.82, 2.24) is 9.80 Å². The minimum atomic E-state index is 0.917. The zero-order chi connectivity index (χ0) is 37.3. The van der Waals surface area contributed by atoms with E-state index < -0.39 is 0 Å². The standard InChI is InChI=1S/C54H92N2/c1-5-15-39(16-6-1)43-35-45(36-43)41-25-29-49(30-26-41)55(47-19-9-3-10-20-47)53-33-34-54(52-24-14-13-23-51(52)53)56(48-21-11-4-12-22-48)50-31-27-42(28-32-50)46-37-44(38-46)40-17-7-2-8-18-40/h39-54H,1-38H2. The maximum Gasteiger partial charge on any atom is 0.0133 e. The molecule has 0 aromatic heterocycles. The van der Waals surface area contributed by atoms with Crippen molar-refractivity contribution in [2.75, 3.05) is 0 Å². The molecule has 0 amide bonds. The number of fused-ring (bicyclic) bond motifs is 1. The van der Waals surface area contributed by atoms with E-state index in [9.17, 15) is 0 Å². The second-order valence-corrected chi connectivity index (χ2v) is 23.7. The highest BCUT2D eigenvalue weighted by molar-refractivity contribution is 5.05. The Bertz CT molecular complexity index is 1070. The summed E-state index contributed by atoms with van der Waals surface area (Å²) in [6.45, 7) is 0. The molecule has 0 N–H and O–H groups in total. The first-order valence-corrected chi connectivity index (χ1v) is 27.3. The van der Waals surface area contributed by atoms with Gasteiger partial charge in [0.2, 0.25) is 0 Å². The molecule has 0 aromatic rings. The second kappa shape index (κ2) is 18.9. The molecule has 0 radical (unpaired) electrons. The molecule has 0 bridgehead atoms. The summed E-state index contributed by atoms with van der Waals surface area (Å²) in [5.41, 5.74) is 0. The van der Waals surface area contributed by atoms with Crippen molar-refractivity contribution in [2.24, 2.45) is 59.2 Å². The van der Waals surface area contributed by atoms with Crippen LogP contribution in [0.5, 0.6) is 0 Å². The molecular weight excluding hydrogens is 677 g/mol. The first-order chi connectivity index (χ1) is 27.8. The molecular formula is C54H92N2. The number of hydrogen-bond acceptors (Lipinski definition) is 2. The molecule has 318 valence electrons. The minimum Gasteiger partial charge on any atom is -0.294 e. The van der Waals surface area contributed by atoms with Crippen molar-refractivity contribution in [3.63, 3.8) is 0 Å². The summed E-state index contributed by atoms with van der Waals surface area (Å²) in [6.07, 6.45) is 59.1. The summed E-state index contributed by atoms with van der Waals surface area (Å²) in [6, 6.07) is 5.51. The van der Waals surface area contributed by atoms with E-state index in [0.29, 0.717) is 0 Å². The summed E-state index contributed by atoms with van der Waals surface area (Å²) >= 11 is 0. The van der Waals surface area contributed by atoms with Gasteiger partial charge in [-0.3, -0.25) is 9.80 Å². The predicted octanol–water partition coefficient (Wildman–Crippen LogP) is 14.9. The SMILES string of the molecule is C1CCC(C2CC(C3CCC(N(C4CCCCC4)C4CCC(N(C5CCCCC5)C5CCC(C6CC(C7CCCCC7)C6)CC5)C5CCCCC54)CC3)C2)CC1. The number of hydrogen-bond donors (Lipinski definition) is 0. The van der Waals surface area contributed by atoms with E-state index in [0.717, 1.165) is 95.4 Å². The molecule has 0 aromatic carbocycles. The summed E-state index contributed by atoms with van der Waals surface area (Å²) in [5.74, 6) is 10.9. The summed E-state index contributed by atoms with van der Waals surface area (Å²) in [7, 11) is 0. The van der Waals surface area contributed by atoms with Crippen LogP contribution < -0.4 is 0 Å². The van der Waals surface area contributed by atoms with E-state index in [1.165, 1.54) is 116 Å². The molecule has 0 heterocycles. The Hall–Kier alpha value is -0.0800. The van der Waals surface area contributed by atoms with Gasteiger partial charge in [0.1, 0.15) is 0 Å². The monoisotopic (exact) mass is 769 g/mol. The molecule has 0 spiro atoms. The quantitative estimate of drug-likeness (QED) is 0.218. The third-order valence-corrected chi connectivity index (χ3v) is 21.1. The summed E-state index contributed by atoms with van der Waals surface area (Å²) < 4.78 is 0. The highest BCUT2D eigenvalue weighted by atomic mass is 15.3. The Morgan fingerprint density at radius 2 is 0.464 bits per heavy atom. The van der Waals surface area contributed by atoms with Gasteiger partial charge in [-0.05, 0) is 188 Å². The van der Waals surface area contributed by atoms with Gasteiger partial charge in [0.15, 0.2) is 0 Å². The highest BCUT2D eigenvalue weighted by Gasteiger charge is 2.51. The van der Waals surface area contributed by atoms with Crippen molar-refractivity contribution in [3.05, 3.63) is 0 Å². The number of rotatable bonds is 10. The first kappa shape index (κ1) is 40.0. The van der Waals surface area contributed by atoms with Crippen LogP contribution >= 0.6 is 0 Å². The lowest BCUT2D eigenvalue weighted by Gasteiger charge is -2.59. The van der Waals surface area contributed by atoms with E-state index in [1.807, 2.05) is 0 Å². The summed E-state index contributed by atoms with van der Waals surface area (Å²) in [4.78, 5) is 6.82. The van der Waals surface area contributed by atoms with Gasteiger partial charge >= 0.3 is 0 Å². The fourth-order valence-corrected chi connectivity index (χ4v) is 18.0. The van der Waals surface area contributed by atoms with Crippen LogP contribution in [0.1, 0.15) is 244 Å². The van der Waals surface area contributed by atoms with Gasteiger partial charge in [0.25, 0.3) is 0 Å². The lowest BCUT2D eigenvalue weighted by Crippen LogP contribution is -2.62. The van der Waals surface area contributed by atoms with Gasteiger partial charge in [-0.1, -0.05) is 116 Å². The second-order valence-electron chi connectivity index (χ2n) is 23.7. The van der Waals surface area contributed by atoms with E-state index in [4.69, 9.17) is 0 Å². The van der Waals surface area contributed by atoms with Crippen LogP contribution in [0.15, 0.2) is 0 Å². The fraction of sp³-hybridized carbons (Fsp3) is 1.00. The molecule has 2 nitrogen and oxygen atoms in total. The number of nitrogens with zero attached hydrogens (tertiary/aromatic N) is 2. The third kappa shape index (κ3) is 8.68. The summed E-state index contributed by atoms with van der Waals surface area (Å²) in [5, 5.41) is 0. The average Bonchev–Trinajstić information content (AvgIpc) is 3.23. The average molecular weight is 769 g/mol. The fourth-order valence-electron chi connectivity index (χ4n) is 18.0.